The Morgan fingerprint density at radius 3 is 1.63 bits per heavy atom. The Morgan fingerprint density at radius 1 is 0.593 bits per heavy atom. The van der Waals surface area contributed by atoms with E-state index in [2.05, 4.69) is 52.8 Å². The molecule has 0 aromatic heterocycles. The van der Waals surface area contributed by atoms with Crippen molar-refractivity contribution in [3.63, 3.8) is 0 Å². The number of Topliss-reactive ketones (excluding diaryl/α,β-unsaturated/α-hetero) is 1. The van der Waals surface area contributed by atoms with Gasteiger partial charge in [0, 0.05) is 12.8 Å². The first-order valence-corrected chi connectivity index (χ1v) is 11.4. The highest BCUT2D eigenvalue weighted by molar-refractivity contribution is 5.78. The third-order valence-corrected chi connectivity index (χ3v) is 5.10. The van der Waals surface area contributed by atoms with Crippen molar-refractivity contribution in [3.8, 4) is 0 Å². The molecule has 0 aromatic rings. The molecule has 0 rings (SSSR count). The first kappa shape index (κ1) is 25.9. The fourth-order valence-corrected chi connectivity index (χ4v) is 3.22. The highest BCUT2D eigenvalue weighted by atomic mass is 16.1. The Labute approximate surface area is 170 Å². The number of hydrogen-bond acceptors (Lipinski definition) is 1. The molecule has 0 atom stereocenters. The highest BCUT2D eigenvalue weighted by Crippen LogP contribution is 2.13. The van der Waals surface area contributed by atoms with Crippen LogP contribution in [0.2, 0.25) is 0 Å². The normalized spacial score (nSPS) is 12.3. The maximum Gasteiger partial charge on any atom is 0.133 e. The molecule has 0 N–H and O–H groups in total. The smallest absolute Gasteiger partial charge is 0.133 e. The molecule has 0 aromatic carbocycles. The van der Waals surface area contributed by atoms with Gasteiger partial charge in [-0.3, -0.25) is 4.79 Å². The molecule has 0 unspecified atom stereocenters. The molecule has 27 heavy (non-hydrogen) atoms. The van der Waals surface area contributed by atoms with Crippen molar-refractivity contribution >= 4 is 5.78 Å². The predicted octanol–water partition coefficient (Wildman–Crippen LogP) is 8.90. The molecule has 0 aliphatic carbocycles. The molecule has 1 heteroatoms. The van der Waals surface area contributed by atoms with E-state index in [9.17, 15) is 4.79 Å². The Kier molecular flexibility index (Phi) is 17.5. The van der Waals surface area contributed by atoms with Gasteiger partial charge in [-0.05, 0) is 66.2 Å². The molecule has 0 amide bonds. The minimum Gasteiger partial charge on any atom is -0.300 e. The molecule has 0 spiro atoms. The van der Waals surface area contributed by atoms with Gasteiger partial charge < -0.3 is 0 Å². The molecule has 1 nitrogen and oxygen atoms in total. The summed E-state index contributed by atoms with van der Waals surface area (Å²) in [7, 11) is 0. The third kappa shape index (κ3) is 19.5. The fraction of sp³-hybridized carbons (Fsp3) is 0.731. The zero-order valence-electron chi connectivity index (χ0n) is 19.0. The largest absolute Gasteiger partial charge is 0.300 e. The van der Waals surface area contributed by atoms with E-state index in [-0.39, 0.29) is 0 Å². The van der Waals surface area contributed by atoms with Crippen molar-refractivity contribution in [1.82, 2.24) is 0 Å². The van der Waals surface area contributed by atoms with Gasteiger partial charge in [-0.25, -0.2) is 0 Å². The molecular formula is C26H46O. The quantitative estimate of drug-likeness (QED) is 0.183. The number of unbranched alkanes of at least 4 members (excludes halogenated alkanes) is 6. The summed E-state index contributed by atoms with van der Waals surface area (Å²) in [5.41, 5.74) is 4.32. The van der Waals surface area contributed by atoms with E-state index >= 15 is 0 Å². The molecule has 0 fully saturated rings. The van der Waals surface area contributed by atoms with Crippen molar-refractivity contribution in [3.05, 3.63) is 34.9 Å². The minimum atomic E-state index is 0.447. The molecule has 0 radical (unpaired) electrons. The number of rotatable bonds is 17. The third-order valence-electron chi connectivity index (χ3n) is 5.10. The highest BCUT2D eigenvalue weighted by Gasteiger charge is 2.01. The van der Waals surface area contributed by atoms with E-state index in [0.717, 1.165) is 44.9 Å². The lowest BCUT2D eigenvalue weighted by molar-refractivity contribution is -0.119. The van der Waals surface area contributed by atoms with Gasteiger partial charge in [-0.1, -0.05) is 80.4 Å². The van der Waals surface area contributed by atoms with Gasteiger partial charge in [-0.15, -0.1) is 0 Å². The maximum atomic E-state index is 12.0. The van der Waals surface area contributed by atoms with Crippen LogP contribution < -0.4 is 0 Å². The molecule has 0 bridgehead atoms. The van der Waals surface area contributed by atoms with Gasteiger partial charge >= 0.3 is 0 Å². The van der Waals surface area contributed by atoms with E-state index in [1.807, 2.05) is 0 Å². The van der Waals surface area contributed by atoms with Crippen molar-refractivity contribution in [2.24, 2.45) is 0 Å². The van der Waals surface area contributed by atoms with Crippen molar-refractivity contribution < 1.29 is 4.79 Å². The van der Waals surface area contributed by atoms with Crippen molar-refractivity contribution in [2.45, 2.75) is 125 Å². The van der Waals surface area contributed by atoms with Crippen LogP contribution in [0.15, 0.2) is 34.9 Å². The Balaban J connectivity index is 3.73. The first-order valence-electron chi connectivity index (χ1n) is 11.4. The van der Waals surface area contributed by atoms with Crippen LogP contribution in [0.5, 0.6) is 0 Å². The lowest BCUT2D eigenvalue weighted by Gasteiger charge is -2.03. The summed E-state index contributed by atoms with van der Waals surface area (Å²) < 4.78 is 0. The summed E-state index contributed by atoms with van der Waals surface area (Å²) in [4.78, 5) is 12.0. The van der Waals surface area contributed by atoms with Gasteiger partial charge in [0.1, 0.15) is 5.78 Å². The summed E-state index contributed by atoms with van der Waals surface area (Å²) in [6.45, 7) is 11.0. The van der Waals surface area contributed by atoms with E-state index in [1.165, 1.54) is 61.7 Å². The zero-order chi connectivity index (χ0) is 20.3. The number of carbonyl (C=O) groups is 1. The Hall–Kier alpha value is -1.11. The standard InChI is InChI=1S/C26H46O/c1-6-7-8-9-10-11-12-21-26(27)22-15-20-25(5)19-14-18-24(4)17-13-16-23(2)3/h16,18,20H,6-15,17,19,21-22H2,1-5H3. The van der Waals surface area contributed by atoms with Crippen molar-refractivity contribution in [1.29, 1.82) is 0 Å². The maximum absolute atomic E-state index is 12.0. The van der Waals surface area contributed by atoms with Crippen LogP contribution in [0.1, 0.15) is 125 Å². The van der Waals surface area contributed by atoms with Crippen LogP contribution in [0.3, 0.4) is 0 Å². The van der Waals surface area contributed by atoms with Gasteiger partial charge in [0.15, 0.2) is 0 Å². The van der Waals surface area contributed by atoms with Crippen LogP contribution in [-0.4, -0.2) is 5.78 Å². The molecule has 0 heterocycles. The molecule has 0 aliphatic heterocycles. The lowest BCUT2D eigenvalue weighted by Crippen LogP contribution is -1.97. The van der Waals surface area contributed by atoms with Gasteiger partial charge in [0.05, 0.1) is 0 Å². The van der Waals surface area contributed by atoms with Gasteiger partial charge in [0.25, 0.3) is 0 Å². The minimum absolute atomic E-state index is 0.447. The fourth-order valence-electron chi connectivity index (χ4n) is 3.22. The van der Waals surface area contributed by atoms with E-state index in [1.54, 1.807) is 0 Å². The summed E-state index contributed by atoms with van der Waals surface area (Å²) in [6, 6.07) is 0. The first-order chi connectivity index (χ1) is 13.0. The van der Waals surface area contributed by atoms with Gasteiger partial charge in [-0.2, -0.15) is 0 Å². The average molecular weight is 375 g/mol. The van der Waals surface area contributed by atoms with Crippen LogP contribution in [-0.2, 0) is 4.79 Å². The SMILES string of the molecule is CCCCCCCCCC(=O)CCC=C(C)CCC=C(C)CCC=C(C)C. The number of hydrogen-bond donors (Lipinski definition) is 0. The Morgan fingerprint density at radius 2 is 1.07 bits per heavy atom. The van der Waals surface area contributed by atoms with Gasteiger partial charge in [0.2, 0.25) is 0 Å². The summed E-state index contributed by atoms with van der Waals surface area (Å²) in [6.07, 6.45) is 22.9. The second kappa shape index (κ2) is 18.3. The van der Waals surface area contributed by atoms with E-state index in [4.69, 9.17) is 0 Å². The number of ketones is 1. The summed E-state index contributed by atoms with van der Waals surface area (Å²) in [5.74, 6) is 0.447. The van der Waals surface area contributed by atoms with Crippen LogP contribution >= 0.6 is 0 Å². The second-order valence-electron chi connectivity index (χ2n) is 8.41. The molecule has 156 valence electrons. The topological polar surface area (TPSA) is 17.1 Å². The monoisotopic (exact) mass is 374 g/mol. The van der Waals surface area contributed by atoms with Crippen LogP contribution in [0.25, 0.3) is 0 Å². The van der Waals surface area contributed by atoms with Crippen LogP contribution in [0, 0.1) is 0 Å². The number of allylic oxidation sites excluding steroid dienone is 6. The molecule has 0 aliphatic rings. The average Bonchev–Trinajstić information content (AvgIpc) is 2.60. The predicted molar refractivity (Wildman–Crippen MR) is 122 cm³/mol. The van der Waals surface area contributed by atoms with E-state index < -0.39 is 0 Å². The van der Waals surface area contributed by atoms with E-state index in [0.29, 0.717) is 5.78 Å². The number of carbonyl (C=O) groups excluding carboxylic acids is 1. The second-order valence-corrected chi connectivity index (χ2v) is 8.41. The summed E-state index contributed by atoms with van der Waals surface area (Å²) in [5, 5.41) is 0. The molecule has 0 saturated carbocycles. The Bertz CT molecular complexity index is 461. The van der Waals surface area contributed by atoms with Crippen molar-refractivity contribution in [2.75, 3.05) is 0 Å². The molecule has 0 saturated heterocycles. The lowest BCUT2D eigenvalue weighted by atomic mass is 10.0. The van der Waals surface area contributed by atoms with Crippen LogP contribution in [0.4, 0.5) is 0 Å². The summed E-state index contributed by atoms with van der Waals surface area (Å²) >= 11 is 0. The molecular weight excluding hydrogens is 328 g/mol. The zero-order valence-corrected chi connectivity index (χ0v) is 19.0.